The van der Waals surface area contributed by atoms with E-state index >= 15 is 0 Å². The number of nitrogens with zero attached hydrogens (tertiary/aromatic N) is 4. The van der Waals surface area contributed by atoms with Crippen LogP contribution < -0.4 is 15.6 Å². The summed E-state index contributed by atoms with van der Waals surface area (Å²) in [6.45, 7) is 10.5. The van der Waals surface area contributed by atoms with Crippen molar-refractivity contribution in [2.24, 2.45) is 16.9 Å². The van der Waals surface area contributed by atoms with Crippen molar-refractivity contribution in [3.05, 3.63) is 59.2 Å². The van der Waals surface area contributed by atoms with Gasteiger partial charge in [0.2, 0.25) is 11.8 Å². The lowest BCUT2D eigenvalue weighted by Crippen LogP contribution is -2.46. The van der Waals surface area contributed by atoms with Gasteiger partial charge in [-0.15, -0.1) is 5.10 Å². The molecule has 226 valence electrons. The number of amidine groups is 1. The summed E-state index contributed by atoms with van der Waals surface area (Å²) in [5.74, 6) is 1.28. The topological polar surface area (TPSA) is 121 Å². The maximum absolute atomic E-state index is 13.2. The average Bonchev–Trinajstić information content (AvgIpc) is 3.38. The van der Waals surface area contributed by atoms with Crippen molar-refractivity contribution in [1.29, 1.82) is 0 Å². The minimum absolute atomic E-state index is 0.00767. The molecule has 1 atom stereocenters. The molecule has 0 spiro atoms. The molecular weight excluding hydrogens is 532 g/mol. The molecule has 2 fully saturated rings. The van der Waals surface area contributed by atoms with E-state index in [-0.39, 0.29) is 35.7 Å². The molecule has 3 aliphatic rings. The summed E-state index contributed by atoms with van der Waals surface area (Å²) in [6, 6.07) is 13.5. The zero-order valence-corrected chi connectivity index (χ0v) is 24.9. The van der Waals surface area contributed by atoms with E-state index < -0.39 is 0 Å². The first kappa shape index (κ1) is 29.7. The second-order valence-corrected chi connectivity index (χ2v) is 12.2. The molecular formula is C32H44N6O4. The van der Waals surface area contributed by atoms with Crippen LogP contribution in [0.5, 0.6) is 5.75 Å². The summed E-state index contributed by atoms with van der Waals surface area (Å²) in [5, 5.41) is 27.8. The molecule has 42 heavy (non-hydrogen) atoms. The van der Waals surface area contributed by atoms with Gasteiger partial charge in [0, 0.05) is 44.7 Å². The van der Waals surface area contributed by atoms with Gasteiger partial charge < -0.3 is 20.4 Å². The van der Waals surface area contributed by atoms with E-state index in [4.69, 9.17) is 0 Å². The van der Waals surface area contributed by atoms with E-state index in [0.29, 0.717) is 18.4 Å². The van der Waals surface area contributed by atoms with Gasteiger partial charge in [0.1, 0.15) is 11.9 Å². The SMILES string of the molecule is CC(=O)NCC1CCN(C(=O)C2CCN(Cc3ccc(N4C(O)=NNC4c4ccc(O)c(C(C)C)c4)cc3)CC2)CC1. The van der Waals surface area contributed by atoms with Gasteiger partial charge in [0.15, 0.2) is 0 Å². The van der Waals surface area contributed by atoms with Crippen LogP contribution in [0.15, 0.2) is 47.6 Å². The molecule has 0 bridgehead atoms. The summed E-state index contributed by atoms with van der Waals surface area (Å²) in [4.78, 5) is 30.5. The summed E-state index contributed by atoms with van der Waals surface area (Å²) in [5.41, 5.74) is 6.76. The van der Waals surface area contributed by atoms with Crippen LogP contribution in [-0.4, -0.2) is 70.6 Å². The number of hydrogen-bond acceptors (Lipinski definition) is 7. The lowest BCUT2D eigenvalue weighted by molar-refractivity contribution is -0.138. The van der Waals surface area contributed by atoms with Gasteiger partial charge in [-0.1, -0.05) is 32.0 Å². The van der Waals surface area contributed by atoms with Gasteiger partial charge >= 0.3 is 6.02 Å². The van der Waals surface area contributed by atoms with Crippen LogP contribution in [0.4, 0.5) is 5.69 Å². The number of nitrogens with one attached hydrogen (secondary N) is 2. The normalized spacial score (nSPS) is 20.5. The number of amides is 2. The number of phenols is 1. The zero-order chi connectivity index (χ0) is 29.8. The average molecular weight is 577 g/mol. The van der Waals surface area contributed by atoms with Crippen molar-refractivity contribution in [3.63, 3.8) is 0 Å². The van der Waals surface area contributed by atoms with Crippen molar-refractivity contribution < 1.29 is 19.8 Å². The smallest absolute Gasteiger partial charge is 0.313 e. The molecule has 2 aromatic carbocycles. The predicted molar refractivity (Wildman–Crippen MR) is 163 cm³/mol. The number of anilines is 1. The second kappa shape index (κ2) is 13.0. The number of likely N-dealkylation sites (tertiary alicyclic amines) is 2. The number of carbonyl (C=O) groups is 2. The number of hydrogen-bond donors (Lipinski definition) is 4. The molecule has 2 aromatic rings. The van der Waals surface area contributed by atoms with Crippen LogP contribution >= 0.6 is 0 Å². The number of aromatic hydroxyl groups is 1. The summed E-state index contributed by atoms with van der Waals surface area (Å²) >= 11 is 0. The van der Waals surface area contributed by atoms with Gasteiger partial charge in [0.05, 0.1) is 0 Å². The monoisotopic (exact) mass is 576 g/mol. The Morgan fingerprint density at radius 3 is 2.33 bits per heavy atom. The molecule has 2 amide bonds. The highest BCUT2D eigenvalue weighted by molar-refractivity contribution is 5.92. The lowest BCUT2D eigenvalue weighted by atomic mass is 9.92. The minimum atomic E-state index is -0.381. The number of carbonyl (C=O) groups excluding carboxylic acids is 2. The Morgan fingerprint density at radius 1 is 1.00 bits per heavy atom. The maximum atomic E-state index is 13.2. The number of benzene rings is 2. The van der Waals surface area contributed by atoms with E-state index in [1.54, 1.807) is 17.9 Å². The standard InChI is InChI=1S/C32H44N6O4/c1-21(2)28-18-26(6-9-29(28)40)30-34-35-32(42)38(30)27-7-4-24(5-8-27)20-36-14-12-25(13-15-36)31(41)37-16-10-23(11-17-37)19-33-22(3)39/h4-9,18,21,23,25,30,34,40H,10-17,19-20H2,1-3H3,(H,33,39)(H,35,42). The summed E-state index contributed by atoms with van der Waals surface area (Å²) in [7, 11) is 0. The molecule has 0 radical (unpaired) electrons. The Morgan fingerprint density at radius 2 is 1.69 bits per heavy atom. The van der Waals surface area contributed by atoms with Crippen molar-refractivity contribution in [2.75, 3.05) is 37.6 Å². The number of phenolic OH excluding ortho intramolecular Hbond substituents is 1. The maximum Gasteiger partial charge on any atom is 0.313 e. The molecule has 0 aromatic heterocycles. The molecule has 3 heterocycles. The molecule has 5 rings (SSSR count). The van der Waals surface area contributed by atoms with E-state index in [0.717, 1.165) is 75.2 Å². The Bertz CT molecular complexity index is 1280. The Kier molecular flexibility index (Phi) is 9.21. The van der Waals surface area contributed by atoms with E-state index in [1.807, 2.05) is 43.0 Å². The third kappa shape index (κ3) is 6.81. The van der Waals surface area contributed by atoms with E-state index in [9.17, 15) is 19.8 Å². The van der Waals surface area contributed by atoms with Crippen LogP contribution in [0.3, 0.4) is 0 Å². The molecule has 2 saturated heterocycles. The first-order valence-electron chi connectivity index (χ1n) is 15.2. The van der Waals surface area contributed by atoms with Crippen molar-refractivity contribution >= 4 is 23.5 Å². The van der Waals surface area contributed by atoms with Crippen LogP contribution in [-0.2, 0) is 16.1 Å². The molecule has 1 unspecified atom stereocenters. The molecule has 0 aliphatic carbocycles. The van der Waals surface area contributed by atoms with Gasteiger partial charge in [-0.3, -0.25) is 24.8 Å². The fraction of sp³-hybridized carbons (Fsp3) is 0.531. The van der Waals surface area contributed by atoms with Crippen LogP contribution in [0.1, 0.15) is 75.2 Å². The first-order chi connectivity index (χ1) is 20.2. The quantitative estimate of drug-likeness (QED) is 0.374. The number of aliphatic hydroxyl groups excluding tert-OH is 1. The molecule has 3 aliphatic heterocycles. The van der Waals surface area contributed by atoms with Crippen molar-refractivity contribution in [2.45, 2.75) is 65.1 Å². The Balaban J connectivity index is 1.13. The van der Waals surface area contributed by atoms with E-state index in [1.165, 1.54) is 5.56 Å². The van der Waals surface area contributed by atoms with Crippen molar-refractivity contribution in [3.8, 4) is 5.75 Å². The van der Waals surface area contributed by atoms with Gasteiger partial charge in [-0.2, -0.15) is 0 Å². The summed E-state index contributed by atoms with van der Waals surface area (Å²) < 4.78 is 0. The third-order valence-corrected chi connectivity index (χ3v) is 8.87. The van der Waals surface area contributed by atoms with E-state index in [2.05, 4.69) is 32.9 Å². The number of piperidine rings is 2. The fourth-order valence-electron chi connectivity index (χ4n) is 6.30. The lowest BCUT2D eigenvalue weighted by Gasteiger charge is -2.37. The number of hydrazone groups is 1. The third-order valence-electron chi connectivity index (χ3n) is 8.87. The summed E-state index contributed by atoms with van der Waals surface area (Å²) in [6.07, 6.45) is 3.27. The van der Waals surface area contributed by atoms with Gasteiger partial charge in [-0.05, 0) is 91.6 Å². The van der Waals surface area contributed by atoms with Crippen molar-refractivity contribution in [1.82, 2.24) is 20.5 Å². The highest BCUT2D eigenvalue weighted by atomic mass is 16.3. The number of aliphatic hydroxyl groups is 1. The first-order valence-corrected chi connectivity index (χ1v) is 15.2. The molecule has 0 saturated carbocycles. The molecule has 4 N–H and O–H groups in total. The van der Waals surface area contributed by atoms with Crippen LogP contribution in [0.2, 0.25) is 0 Å². The Hall–Kier alpha value is -3.79. The highest BCUT2D eigenvalue weighted by Gasteiger charge is 2.32. The molecule has 10 nitrogen and oxygen atoms in total. The fourth-order valence-corrected chi connectivity index (χ4v) is 6.30. The Labute approximate surface area is 248 Å². The molecule has 10 heteroatoms. The van der Waals surface area contributed by atoms with Gasteiger partial charge in [-0.25, -0.2) is 0 Å². The van der Waals surface area contributed by atoms with Crippen LogP contribution in [0.25, 0.3) is 0 Å². The second-order valence-electron chi connectivity index (χ2n) is 12.2. The van der Waals surface area contributed by atoms with Gasteiger partial charge in [0.25, 0.3) is 0 Å². The predicted octanol–water partition coefficient (Wildman–Crippen LogP) is 4.04. The largest absolute Gasteiger partial charge is 0.508 e. The minimum Gasteiger partial charge on any atom is -0.508 e. The number of rotatable bonds is 8. The van der Waals surface area contributed by atoms with Crippen LogP contribution in [0, 0.1) is 11.8 Å². The highest BCUT2D eigenvalue weighted by Crippen LogP contribution is 2.34. The zero-order valence-electron chi connectivity index (χ0n) is 24.9.